The largest absolute Gasteiger partial charge is 0.381 e. The number of rotatable bonds is 3. The molecule has 6 heteroatoms. The van der Waals surface area contributed by atoms with Crippen molar-refractivity contribution < 1.29 is 5.11 Å². The standard InChI is InChI=1S/C11H12Br2N2OS/c1-6(2)15-10(8(13)4-14-15)11(16)9-3-7(12)5-17-9/h3-6,11,16H,1-2H3. The van der Waals surface area contributed by atoms with Crippen molar-refractivity contribution in [1.82, 2.24) is 9.78 Å². The number of hydrogen-bond acceptors (Lipinski definition) is 3. The molecule has 0 spiro atoms. The van der Waals surface area contributed by atoms with Crippen LogP contribution >= 0.6 is 43.2 Å². The molecule has 92 valence electrons. The van der Waals surface area contributed by atoms with Crippen LogP contribution in [0.4, 0.5) is 0 Å². The van der Waals surface area contributed by atoms with E-state index in [1.54, 1.807) is 6.20 Å². The van der Waals surface area contributed by atoms with Gasteiger partial charge in [-0.05, 0) is 51.8 Å². The van der Waals surface area contributed by atoms with Crippen LogP contribution in [0.1, 0.15) is 36.6 Å². The van der Waals surface area contributed by atoms with Gasteiger partial charge in [0, 0.05) is 20.8 Å². The second-order valence-corrected chi connectivity index (χ2v) is 6.70. The van der Waals surface area contributed by atoms with Crippen molar-refractivity contribution in [3.8, 4) is 0 Å². The summed E-state index contributed by atoms with van der Waals surface area (Å²) < 4.78 is 3.66. The smallest absolute Gasteiger partial charge is 0.131 e. The van der Waals surface area contributed by atoms with Crippen LogP contribution in [-0.2, 0) is 0 Å². The summed E-state index contributed by atoms with van der Waals surface area (Å²) in [5.74, 6) is 0. The summed E-state index contributed by atoms with van der Waals surface area (Å²) in [4.78, 5) is 0.903. The van der Waals surface area contributed by atoms with Crippen LogP contribution in [-0.4, -0.2) is 14.9 Å². The Balaban J connectivity index is 2.43. The summed E-state index contributed by atoms with van der Waals surface area (Å²) in [6, 6.07) is 2.15. The molecular formula is C11H12Br2N2OS. The van der Waals surface area contributed by atoms with Crippen LogP contribution in [0.5, 0.6) is 0 Å². The summed E-state index contributed by atoms with van der Waals surface area (Å²) in [5.41, 5.74) is 0.800. The third-order valence-electron chi connectivity index (χ3n) is 2.39. The van der Waals surface area contributed by atoms with Gasteiger partial charge in [-0.15, -0.1) is 11.3 Å². The molecule has 1 atom stereocenters. The Bertz CT molecular complexity index is 521. The van der Waals surface area contributed by atoms with E-state index in [1.807, 2.05) is 30.0 Å². The molecule has 2 aromatic heterocycles. The molecule has 0 fully saturated rings. The van der Waals surface area contributed by atoms with Gasteiger partial charge in [-0.2, -0.15) is 5.10 Å². The van der Waals surface area contributed by atoms with Crippen LogP contribution in [0.25, 0.3) is 0 Å². The summed E-state index contributed by atoms with van der Waals surface area (Å²) in [5, 5.41) is 16.6. The Hall–Kier alpha value is -0.170. The van der Waals surface area contributed by atoms with E-state index in [2.05, 4.69) is 37.0 Å². The molecule has 3 nitrogen and oxygen atoms in total. The van der Waals surface area contributed by atoms with Gasteiger partial charge in [0.1, 0.15) is 6.10 Å². The van der Waals surface area contributed by atoms with Gasteiger partial charge in [-0.1, -0.05) is 0 Å². The third-order valence-corrected chi connectivity index (χ3v) is 4.75. The number of thiophene rings is 1. The molecular weight excluding hydrogens is 368 g/mol. The van der Waals surface area contributed by atoms with E-state index in [9.17, 15) is 5.11 Å². The maximum atomic E-state index is 10.4. The first kappa shape index (κ1) is 13.3. The molecule has 0 amide bonds. The van der Waals surface area contributed by atoms with E-state index < -0.39 is 6.10 Å². The Morgan fingerprint density at radius 2 is 2.12 bits per heavy atom. The van der Waals surface area contributed by atoms with Crippen molar-refractivity contribution in [1.29, 1.82) is 0 Å². The molecule has 1 unspecified atom stereocenters. The quantitative estimate of drug-likeness (QED) is 0.870. The van der Waals surface area contributed by atoms with Gasteiger partial charge in [-0.25, -0.2) is 0 Å². The minimum atomic E-state index is -0.648. The Morgan fingerprint density at radius 1 is 1.41 bits per heavy atom. The molecule has 0 aliphatic rings. The Labute approximate surface area is 121 Å². The highest BCUT2D eigenvalue weighted by molar-refractivity contribution is 9.10. The van der Waals surface area contributed by atoms with Crippen molar-refractivity contribution in [2.24, 2.45) is 0 Å². The lowest BCUT2D eigenvalue weighted by Gasteiger charge is -2.15. The van der Waals surface area contributed by atoms with Crippen LogP contribution in [0.3, 0.4) is 0 Å². The van der Waals surface area contributed by atoms with Crippen LogP contribution < -0.4 is 0 Å². The zero-order valence-electron chi connectivity index (χ0n) is 9.39. The Kier molecular flexibility index (Phi) is 4.07. The number of aliphatic hydroxyl groups excluding tert-OH is 1. The number of aliphatic hydroxyl groups is 1. The maximum Gasteiger partial charge on any atom is 0.131 e. The second-order valence-electron chi connectivity index (χ2n) is 3.99. The summed E-state index contributed by atoms with van der Waals surface area (Å²) >= 11 is 8.36. The fourth-order valence-electron chi connectivity index (χ4n) is 1.62. The highest BCUT2D eigenvalue weighted by Gasteiger charge is 2.22. The zero-order valence-corrected chi connectivity index (χ0v) is 13.4. The van der Waals surface area contributed by atoms with Crippen molar-refractivity contribution in [3.05, 3.63) is 37.2 Å². The zero-order chi connectivity index (χ0) is 12.6. The lowest BCUT2D eigenvalue weighted by molar-refractivity contribution is 0.208. The molecule has 0 bridgehead atoms. The van der Waals surface area contributed by atoms with E-state index in [4.69, 9.17) is 0 Å². The summed E-state index contributed by atoms with van der Waals surface area (Å²) in [6.45, 7) is 4.08. The third kappa shape index (κ3) is 2.65. The van der Waals surface area contributed by atoms with Crippen LogP contribution in [0, 0.1) is 0 Å². The van der Waals surface area contributed by atoms with E-state index in [1.165, 1.54) is 11.3 Å². The predicted octanol–water partition coefficient (Wildman–Crippen LogP) is 4.13. The lowest BCUT2D eigenvalue weighted by Crippen LogP contribution is -2.11. The molecule has 2 heterocycles. The summed E-state index contributed by atoms with van der Waals surface area (Å²) in [7, 11) is 0. The number of hydrogen-bond donors (Lipinski definition) is 1. The van der Waals surface area contributed by atoms with E-state index in [0.717, 1.165) is 19.5 Å². The average Bonchev–Trinajstić information content (AvgIpc) is 2.83. The first-order chi connectivity index (χ1) is 8.00. The molecule has 17 heavy (non-hydrogen) atoms. The molecule has 2 aromatic rings. The topological polar surface area (TPSA) is 38.0 Å². The summed E-state index contributed by atoms with van der Waals surface area (Å²) in [6.07, 6.45) is 1.08. The van der Waals surface area contributed by atoms with Gasteiger partial charge in [0.25, 0.3) is 0 Å². The monoisotopic (exact) mass is 378 g/mol. The average molecular weight is 380 g/mol. The van der Waals surface area contributed by atoms with Crippen molar-refractivity contribution in [2.45, 2.75) is 26.0 Å². The van der Waals surface area contributed by atoms with Crippen molar-refractivity contribution in [2.75, 3.05) is 0 Å². The maximum absolute atomic E-state index is 10.4. The Morgan fingerprint density at radius 3 is 2.65 bits per heavy atom. The fourth-order valence-corrected chi connectivity index (χ4v) is 3.55. The first-order valence-electron chi connectivity index (χ1n) is 5.15. The van der Waals surface area contributed by atoms with Crippen molar-refractivity contribution >= 4 is 43.2 Å². The minimum Gasteiger partial charge on any atom is -0.381 e. The fraction of sp³-hybridized carbons (Fsp3) is 0.364. The molecule has 0 radical (unpaired) electrons. The highest BCUT2D eigenvalue weighted by Crippen LogP contribution is 2.34. The molecule has 0 aromatic carbocycles. The highest BCUT2D eigenvalue weighted by atomic mass is 79.9. The normalized spacial score (nSPS) is 13.3. The first-order valence-corrected chi connectivity index (χ1v) is 7.62. The minimum absolute atomic E-state index is 0.217. The van der Waals surface area contributed by atoms with Gasteiger partial charge in [0.2, 0.25) is 0 Å². The van der Waals surface area contributed by atoms with Gasteiger partial charge in [-0.3, -0.25) is 4.68 Å². The van der Waals surface area contributed by atoms with Gasteiger partial charge in [0.15, 0.2) is 0 Å². The van der Waals surface area contributed by atoms with E-state index in [0.29, 0.717) is 0 Å². The van der Waals surface area contributed by atoms with Crippen molar-refractivity contribution in [3.63, 3.8) is 0 Å². The van der Waals surface area contributed by atoms with Gasteiger partial charge < -0.3 is 5.11 Å². The molecule has 0 aliphatic carbocycles. The molecule has 1 N–H and O–H groups in total. The number of nitrogens with zero attached hydrogens (tertiary/aromatic N) is 2. The van der Waals surface area contributed by atoms with Gasteiger partial charge >= 0.3 is 0 Å². The van der Waals surface area contributed by atoms with E-state index >= 15 is 0 Å². The molecule has 2 rings (SSSR count). The van der Waals surface area contributed by atoms with Gasteiger partial charge in [0.05, 0.1) is 16.4 Å². The predicted molar refractivity (Wildman–Crippen MR) is 76.4 cm³/mol. The SMILES string of the molecule is CC(C)n1ncc(Br)c1C(O)c1cc(Br)cs1. The number of halogens is 2. The second kappa shape index (κ2) is 5.22. The van der Waals surface area contributed by atoms with Crippen LogP contribution in [0.2, 0.25) is 0 Å². The molecule has 0 aliphatic heterocycles. The van der Waals surface area contributed by atoms with Crippen LogP contribution in [0.15, 0.2) is 26.6 Å². The molecule has 0 saturated heterocycles. The lowest BCUT2D eigenvalue weighted by atomic mass is 10.2. The number of aromatic nitrogens is 2. The van der Waals surface area contributed by atoms with E-state index in [-0.39, 0.29) is 6.04 Å². The molecule has 0 saturated carbocycles.